The Hall–Kier alpha value is -1.70. The van der Waals surface area contributed by atoms with Crippen molar-refractivity contribution in [2.24, 2.45) is 11.8 Å². The number of hydrogen-bond donors (Lipinski definition) is 0. The van der Waals surface area contributed by atoms with Gasteiger partial charge in [-0.3, -0.25) is 0 Å². The molecule has 0 saturated heterocycles. The number of nitrogens with zero attached hydrogens (tertiary/aromatic N) is 2. The number of rotatable bonds is 19. The molecule has 0 amide bonds. The van der Waals surface area contributed by atoms with Crippen LogP contribution in [0.5, 0.6) is 0 Å². The molecular weight excluding hydrogens is 460 g/mol. The third kappa shape index (κ3) is 11.6. The first-order valence-electron chi connectivity index (χ1n) is 16.6. The van der Waals surface area contributed by atoms with Crippen LogP contribution in [0.4, 0.5) is 0 Å². The molecule has 1 fully saturated rings. The van der Waals surface area contributed by atoms with Crippen molar-refractivity contribution in [3.63, 3.8) is 0 Å². The summed E-state index contributed by atoms with van der Waals surface area (Å²) >= 11 is 0. The zero-order valence-corrected chi connectivity index (χ0v) is 25.3. The summed E-state index contributed by atoms with van der Waals surface area (Å²) in [5.74, 6) is 2.91. The number of aromatic nitrogens is 2. The van der Waals surface area contributed by atoms with E-state index in [0.29, 0.717) is 0 Å². The van der Waals surface area contributed by atoms with Gasteiger partial charge in [0.2, 0.25) is 0 Å². The molecule has 2 aromatic rings. The first-order chi connectivity index (χ1) is 18.7. The topological polar surface area (TPSA) is 25.8 Å². The Morgan fingerprint density at radius 3 is 1.79 bits per heavy atom. The Balaban J connectivity index is 1.33. The molecule has 3 rings (SSSR count). The van der Waals surface area contributed by atoms with Crippen molar-refractivity contribution >= 4 is 0 Å². The Morgan fingerprint density at radius 1 is 0.632 bits per heavy atom. The number of aryl methyl sites for hydroxylation is 3. The predicted molar refractivity (Wildman–Crippen MR) is 166 cm³/mol. The van der Waals surface area contributed by atoms with Gasteiger partial charge in [-0.25, -0.2) is 9.97 Å². The monoisotopic (exact) mass is 518 g/mol. The summed E-state index contributed by atoms with van der Waals surface area (Å²) in [5.41, 5.74) is 5.02. The molecule has 1 aromatic heterocycles. The Bertz CT molecular complexity index is 863. The van der Waals surface area contributed by atoms with E-state index in [1.165, 1.54) is 145 Å². The Labute approximate surface area is 235 Å². The molecule has 1 aliphatic rings. The number of unbranched alkanes of at least 4 members (excludes halogenated alkanes) is 11. The fourth-order valence-electron chi connectivity index (χ4n) is 6.41. The molecule has 0 N–H and O–H groups in total. The van der Waals surface area contributed by atoms with E-state index in [2.05, 4.69) is 51.2 Å². The SMILES string of the molecule is CCCCCCCCCCCCc1ccc(-c2cnc(CC[C@H]3CC[C@H](CCCCC)CC3)nc2C)cc1. The van der Waals surface area contributed by atoms with Crippen LogP contribution >= 0.6 is 0 Å². The molecule has 0 radical (unpaired) electrons. The van der Waals surface area contributed by atoms with E-state index in [-0.39, 0.29) is 0 Å². The average Bonchev–Trinajstić information content (AvgIpc) is 2.94. The van der Waals surface area contributed by atoms with E-state index in [1.54, 1.807) is 0 Å². The highest BCUT2D eigenvalue weighted by Crippen LogP contribution is 2.34. The van der Waals surface area contributed by atoms with E-state index in [4.69, 9.17) is 9.97 Å². The second kappa shape index (κ2) is 18.6. The Kier molecular flexibility index (Phi) is 15.1. The van der Waals surface area contributed by atoms with Crippen molar-refractivity contribution in [1.29, 1.82) is 0 Å². The van der Waals surface area contributed by atoms with Crippen molar-refractivity contribution in [1.82, 2.24) is 9.97 Å². The summed E-state index contributed by atoms with van der Waals surface area (Å²) in [6.07, 6.45) is 30.9. The van der Waals surface area contributed by atoms with Crippen LogP contribution in [-0.4, -0.2) is 9.97 Å². The van der Waals surface area contributed by atoms with Crippen LogP contribution in [0, 0.1) is 18.8 Å². The third-order valence-electron chi connectivity index (χ3n) is 9.07. The quantitative estimate of drug-likeness (QED) is 0.173. The van der Waals surface area contributed by atoms with Crippen LogP contribution in [0.25, 0.3) is 11.1 Å². The van der Waals surface area contributed by atoms with Crippen LogP contribution in [0.3, 0.4) is 0 Å². The second-order valence-corrected chi connectivity index (χ2v) is 12.3. The standard InChI is InChI=1S/C36H58N2/c1-4-6-8-9-10-11-12-13-14-16-18-32-23-26-34(27-24-32)35-29-37-36(38-30(35)3)28-25-33-21-19-31(20-22-33)17-15-7-5-2/h23-24,26-27,29,31,33H,4-22,25,28H2,1-3H3/t31-,33-. The highest BCUT2D eigenvalue weighted by atomic mass is 14.9. The molecule has 0 bridgehead atoms. The highest BCUT2D eigenvalue weighted by Gasteiger charge is 2.21. The molecule has 2 nitrogen and oxygen atoms in total. The van der Waals surface area contributed by atoms with Gasteiger partial charge in [0.25, 0.3) is 0 Å². The molecule has 0 unspecified atom stereocenters. The highest BCUT2D eigenvalue weighted by molar-refractivity contribution is 5.65. The summed E-state index contributed by atoms with van der Waals surface area (Å²) < 4.78 is 0. The number of benzene rings is 1. The summed E-state index contributed by atoms with van der Waals surface area (Å²) in [6.45, 7) is 6.75. The van der Waals surface area contributed by atoms with Gasteiger partial charge in [-0.2, -0.15) is 0 Å². The van der Waals surface area contributed by atoms with Crippen molar-refractivity contribution in [2.75, 3.05) is 0 Å². The van der Waals surface area contributed by atoms with E-state index in [9.17, 15) is 0 Å². The largest absolute Gasteiger partial charge is 0.241 e. The molecule has 1 saturated carbocycles. The summed E-state index contributed by atoms with van der Waals surface area (Å²) in [7, 11) is 0. The van der Waals surface area contributed by atoms with Gasteiger partial charge in [0.1, 0.15) is 5.82 Å². The lowest BCUT2D eigenvalue weighted by atomic mass is 9.78. The molecule has 1 heterocycles. The molecule has 2 heteroatoms. The van der Waals surface area contributed by atoms with Gasteiger partial charge >= 0.3 is 0 Å². The van der Waals surface area contributed by atoms with Crippen LogP contribution in [-0.2, 0) is 12.8 Å². The fourth-order valence-corrected chi connectivity index (χ4v) is 6.41. The van der Waals surface area contributed by atoms with Gasteiger partial charge in [-0.15, -0.1) is 0 Å². The molecule has 1 aromatic carbocycles. The minimum absolute atomic E-state index is 0.879. The lowest BCUT2D eigenvalue weighted by Gasteiger charge is -2.28. The normalized spacial score (nSPS) is 17.7. The first-order valence-corrected chi connectivity index (χ1v) is 16.6. The van der Waals surface area contributed by atoms with Crippen LogP contribution < -0.4 is 0 Å². The van der Waals surface area contributed by atoms with Gasteiger partial charge in [-0.1, -0.05) is 147 Å². The van der Waals surface area contributed by atoms with E-state index >= 15 is 0 Å². The maximum absolute atomic E-state index is 4.92. The van der Waals surface area contributed by atoms with Gasteiger partial charge in [0.05, 0.1) is 0 Å². The van der Waals surface area contributed by atoms with Gasteiger partial charge in [0.15, 0.2) is 0 Å². The van der Waals surface area contributed by atoms with Gasteiger partial charge < -0.3 is 0 Å². The van der Waals surface area contributed by atoms with E-state index in [1.807, 2.05) is 0 Å². The smallest absolute Gasteiger partial charge is 0.128 e. The first kappa shape index (κ1) is 30.8. The van der Waals surface area contributed by atoms with Crippen LogP contribution in [0.1, 0.15) is 153 Å². The fraction of sp³-hybridized carbons (Fsp3) is 0.722. The predicted octanol–water partition coefficient (Wildman–Crippen LogP) is 11.2. The summed E-state index contributed by atoms with van der Waals surface area (Å²) in [5, 5.41) is 0. The lowest BCUT2D eigenvalue weighted by molar-refractivity contribution is 0.248. The van der Waals surface area contributed by atoms with Gasteiger partial charge in [-0.05, 0) is 49.1 Å². The van der Waals surface area contributed by atoms with E-state index < -0.39 is 0 Å². The van der Waals surface area contributed by atoms with E-state index in [0.717, 1.165) is 29.8 Å². The molecular formula is C36H58N2. The third-order valence-corrected chi connectivity index (χ3v) is 9.07. The minimum atomic E-state index is 0.879. The molecule has 0 atom stereocenters. The van der Waals surface area contributed by atoms with Crippen LogP contribution in [0.2, 0.25) is 0 Å². The molecule has 212 valence electrons. The molecule has 0 spiro atoms. The maximum Gasteiger partial charge on any atom is 0.128 e. The zero-order valence-electron chi connectivity index (χ0n) is 25.3. The summed E-state index contributed by atoms with van der Waals surface area (Å²) in [4.78, 5) is 9.70. The van der Waals surface area contributed by atoms with Crippen molar-refractivity contribution < 1.29 is 0 Å². The molecule has 0 aliphatic heterocycles. The van der Waals surface area contributed by atoms with Crippen molar-refractivity contribution in [3.05, 3.63) is 47.5 Å². The molecule has 1 aliphatic carbocycles. The second-order valence-electron chi connectivity index (χ2n) is 12.3. The maximum atomic E-state index is 4.92. The number of hydrogen-bond acceptors (Lipinski definition) is 2. The van der Waals surface area contributed by atoms with Crippen molar-refractivity contribution in [3.8, 4) is 11.1 Å². The minimum Gasteiger partial charge on any atom is -0.241 e. The van der Waals surface area contributed by atoms with Crippen LogP contribution in [0.15, 0.2) is 30.5 Å². The lowest BCUT2D eigenvalue weighted by Crippen LogP contribution is -2.15. The molecule has 38 heavy (non-hydrogen) atoms. The van der Waals surface area contributed by atoms with Crippen molar-refractivity contribution in [2.45, 2.75) is 156 Å². The zero-order chi connectivity index (χ0) is 26.8. The van der Waals surface area contributed by atoms with Gasteiger partial charge in [0, 0.05) is 23.9 Å². The average molecular weight is 519 g/mol. The summed E-state index contributed by atoms with van der Waals surface area (Å²) in [6, 6.07) is 9.18. The Morgan fingerprint density at radius 2 is 1.18 bits per heavy atom.